The molecule has 0 bridgehead atoms. The molecule has 74 valence electrons. The van der Waals surface area contributed by atoms with Crippen molar-refractivity contribution in [3.63, 3.8) is 0 Å². The predicted octanol–water partition coefficient (Wildman–Crippen LogP) is -1.02. The Hall–Kier alpha value is -1.30. The molecule has 1 saturated heterocycles. The van der Waals surface area contributed by atoms with E-state index in [1.165, 1.54) is 11.8 Å². The monoisotopic (exact) mass is 187 g/mol. The molecule has 1 aliphatic rings. The summed E-state index contributed by atoms with van der Waals surface area (Å²) in [4.78, 5) is 12.6. The van der Waals surface area contributed by atoms with E-state index in [2.05, 4.69) is 5.16 Å². The van der Waals surface area contributed by atoms with Gasteiger partial charge >= 0.3 is 0 Å². The molecule has 1 heterocycles. The van der Waals surface area contributed by atoms with Gasteiger partial charge in [-0.2, -0.15) is 0 Å². The number of ether oxygens (including phenoxy) is 1. The fraction of sp³-hybridized carbons (Fsp3) is 0.714. The van der Waals surface area contributed by atoms with E-state index in [9.17, 15) is 4.79 Å². The molecular weight excluding hydrogens is 174 g/mol. The molecule has 13 heavy (non-hydrogen) atoms. The first-order valence-corrected chi connectivity index (χ1v) is 3.99. The fourth-order valence-corrected chi connectivity index (χ4v) is 1.29. The van der Waals surface area contributed by atoms with Crippen molar-refractivity contribution in [1.29, 1.82) is 0 Å². The van der Waals surface area contributed by atoms with Crippen LogP contribution in [0.1, 0.15) is 6.92 Å². The molecule has 1 rings (SSSR count). The summed E-state index contributed by atoms with van der Waals surface area (Å²) in [6.07, 6.45) is 0. The number of hydrogen-bond donors (Lipinski definition) is 2. The number of amides is 1. The van der Waals surface area contributed by atoms with Gasteiger partial charge in [0.15, 0.2) is 5.84 Å². The maximum atomic E-state index is 11.1. The van der Waals surface area contributed by atoms with E-state index in [4.69, 9.17) is 15.7 Å². The Labute approximate surface area is 75.9 Å². The lowest BCUT2D eigenvalue weighted by Crippen LogP contribution is -2.54. The lowest BCUT2D eigenvalue weighted by Gasteiger charge is -2.33. The van der Waals surface area contributed by atoms with Crippen molar-refractivity contribution in [3.8, 4) is 0 Å². The Morgan fingerprint density at radius 1 is 1.77 bits per heavy atom. The van der Waals surface area contributed by atoms with Crippen LogP contribution < -0.4 is 5.73 Å². The second-order valence-electron chi connectivity index (χ2n) is 2.83. The number of carbonyl (C=O) groups is 1. The second kappa shape index (κ2) is 4.08. The maximum Gasteiger partial charge on any atom is 0.220 e. The van der Waals surface area contributed by atoms with E-state index in [0.717, 1.165) is 0 Å². The largest absolute Gasteiger partial charge is 0.409 e. The van der Waals surface area contributed by atoms with Crippen LogP contribution in [0.4, 0.5) is 0 Å². The number of carbonyl (C=O) groups excluding carboxylic acids is 1. The van der Waals surface area contributed by atoms with E-state index in [0.29, 0.717) is 13.2 Å². The van der Waals surface area contributed by atoms with Crippen molar-refractivity contribution in [1.82, 2.24) is 4.90 Å². The Morgan fingerprint density at radius 3 is 3.00 bits per heavy atom. The Bertz CT molecular complexity index is 229. The van der Waals surface area contributed by atoms with Crippen LogP contribution >= 0.6 is 0 Å². The standard InChI is InChI=1S/C7H13N3O3/c1-5(11)10-2-3-13-4-6(10)7(8)9-12/h6,12H,2-4H2,1H3,(H2,8,9). The summed E-state index contributed by atoms with van der Waals surface area (Å²) < 4.78 is 5.12. The van der Waals surface area contributed by atoms with Gasteiger partial charge in [0.2, 0.25) is 5.91 Å². The number of rotatable bonds is 1. The van der Waals surface area contributed by atoms with Crippen LogP contribution in [0, 0.1) is 0 Å². The highest BCUT2D eigenvalue weighted by Crippen LogP contribution is 2.06. The van der Waals surface area contributed by atoms with Crippen LogP contribution in [0.25, 0.3) is 0 Å². The number of nitrogens with zero attached hydrogens (tertiary/aromatic N) is 2. The Morgan fingerprint density at radius 2 is 2.46 bits per heavy atom. The number of amidine groups is 1. The van der Waals surface area contributed by atoms with Crippen molar-refractivity contribution in [2.45, 2.75) is 13.0 Å². The molecule has 1 amide bonds. The molecule has 3 N–H and O–H groups in total. The summed E-state index contributed by atoms with van der Waals surface area (Å²) in [5.74, 6) is -0.0881. The third kappa shape index (κ3) is 2.09. The highest BCUT2D eigenvalue weighted by atomic mass is 16.5. The van der Waals surface area contributed by atoms with E-state index in [1.54, 1.807) is 0 Å². The summed E-state index contributed by atoms with van der Waals surface area (Å²) >= 11 is 0. The number of hydrogen-bond acceptors (Lipinski definition) is 4. The van der Waals surface area contributed by atoms with Gasteiger partial charge in [-0.1, -0.05) is 5.16 Å². The number of nitrogens with two attached hydrogens (primary N) is 1. The molecule has 1 atom stereocenters. The van der Waals surface area contributed by atoms with Gasteiger partial charge in [-0.25, -0.2) is 0 Å². The van der Waals surface area contributed by atoms with E-state index in [1.807, 2.05) is 0 Å². The minimum Gasteiger partial charge on any atom is -0.409 e. The second-order valence-corrected chi connectivity index (χ2v) is 2.83. The predicted molar refractivity (Wildman–Crippen MR) is 45.4 cm³/mol. The van der Waals surface area contributed by atoms with Gasteiger partial charge in [-0.15, -0.1) is 0 Å². The normalized spacial score (nSPS) is 24.5. The van der Waals surface area contributed by atoms with Gasteiger partial charge in [-0.3, -0.25) is 4.79 Å². The van der Waals surface area contributed by atoms with E-state index >= 15 is 0 Å². The lowest BCUT2D eigenvalue weighted by molar-refractivity contribution is -0.134. The summed E-state index contributed by atoms with van der Waals surface area (Å²) in [5.41, 5.74) is 5.40. The summed E-state index contributed by atoms with van der Waals surface area (Å²) in [5, 5.41) is 11.3. The molecule has 0 saturated carbocycles. The zero-order chi connectivity index (χ0) is 9.84. The fourth-order valence-electron chi connectivity index (χ4n) is 1.29. The third-order valence-corrected chi connectivity index (χ3v) is 1.99. The summed E-state index contributed by atoms with van der Waals surface area (Å²) in [7, 11) is 0. The van der Waals surface area contributed by atoms with Gasteiger partial charge < -0.3 is 20.6 Å². The molecule has 1 unspecified atom stereocenters. The van der Waals surface area contributed by atoms with Crippen LogP contribution in [0.15, 0.2) is 5.16 Å². The molecular formula is C7H13N3O3. The Balaban J connectivity index is 2.73. The molecule has 0 aromatic heterocycles. The summed E-state index contributed by atoms with van der Waals surface area (Å²) in [6, 6.07) is -0.434. The summed E-state index contributed by atoms with van der Waals surface area (Å²) in [6.45, 7) is 2.71. The molecule has 0 aliphatic carbocycles. The van der Waals surface area contributed by atoms with Gasteiger partial charge in [0.05, 0.1) is 13.2 Å². The molecule has 1 aliphatic heterocycles. The Kier molecular flexibility index (Phi) is 3.07. The van der Waals surface area contributed by atoms with Gasteiger partial charge in [0, 0.05) is 13.5 Å². The minimum absolute atomic E-state index is 0.00917. The van der Waals surface area contributed by atoms with Gasteiger partial charge in [0.25, 0.3) is 0 Å². The SMILES string of the molecule is CC(=O)N1CCOCC1/C(N)=N/O. The van der Waals surface area contributed by atoms with Crippen LogP contribution in [-0.2, 0) is 9.53 Å². The number of oxime groups is 1. The third-order valence-electron chi connectivity index (χ3n) is 1.99. The van der Waals surface area contributed by atoms with Gasteiger partial charge in [-0.05, 0) is 0 Å². The molecule has 6 nitrogen and oxygen atoms in total. The van der Waals surface area contributed by atoms with E-state index < -0.39 is 6.04 Å². The van der Waals surface area contributed by atoms with Crippen LogP contribution in [0.2, 0.25) is 0 Å². The van der Waals surface area contributed by atoms with Crippen molar-refractivity contribution in [3.05, 3.63) is 0 Å². The lowest BCUT2D eigenvalue weighted by atomic mass is 10.2. The quantitative estimate of drug-likeness (QED) is 0.238. The maximum absolute atomic E-state index is 11.1. The van der Waals surface area contributed by atoms with E-state index in [-0.39, 0.29) is 18.3 Å². The topological polar surface area (TPSA) is 88.2 Å². The molecule has 0 spiro atoms. The first kappa shape index (κ1) is 9.79. The van der Waals surface area contributed by atoms with Crippen molar-refractivity contribution >= 4 is 11.7 Å². The van der Waals surface area contributed by atoms with Crippen molar-refractivity contribution < 1.29 is 14.7 Å². The van der Waals surface area contributed by atoms with Crippen LogP contribution in [0.3, 0.4) is 0 Å². The van der Waals surface area contributed by atoms with Crippen LogP contribution in [-0.4, -0.2) is 47.7 Å². The average molecular weight is 187 g/mol. The number of morpholine rings is 1. The molecule has 0 aromatic carbocycles. The molecule has 1 fully saturated rings. The van der Waals surface area contributed by atoms with Crippen molar-refractivity contribution in [2.24, 2.45) is 10.9 Å². The molecule has 0 aromatic rings. The molecule has 0 radical (unpaired) electrons. The first-order valence-electron chi connectivity index (χ1n) is 3.99. The zero-order valence-electron chi connectivity index (χ0n) is 7.43. The highest BCUT2D eigenvalue weighted by Gasteiger charge is 2.28. The smallest absolute Gasteiger partial charge is 0.220 e. The first-order chi connectivity index (χ1) is 6.16. The average Bonchev–Trinajstić information content (AvgIpc) is 2.16. The minimum atomic E-state index is -0.434. The molecule has 6 heteroatoms. The van der Waals surface area contributed by atoms with Crippen LogP contribution in [0.5, 0.6) is 0 Å². The zero-order valence-corrected chi connectivity index (χ0v) is 7.43. The van der Waals surface area contributed by atoms with Crippen molar-refractivity contribution in [2.75, 3.05) is 19.8 Å². The highest BCUT2D eigenvalue weighted by molar-refractivity contribution is 5.89. The van der Waals surface area contributed by atoms with Gasteiger partial charge in [0.1, 0.15) is 6.04 Å².